The van der Waals surface area contributed by atoms with Gasteiger partial charge in [0.25, 0.3) is 0 Å². The van der Waals surface area contributed by atoms with Crippen LogP contribution in [0.25, 0.3) is 0 Å². The van der Waals surface area contributed by atoms with E-state index in [1.54, 1.807) is 6.92 Å². The quantitative estimate of drug-likeness (QED) is 0.917. The smallest absolute Gasteiger partial charge is 0.339 e. The van der Waals surface area contributed by atoms with Crippen molar-refractivity contribution in [1.29, 1.82) is 0 Å². The van der Waals surface area contributed by atoms with Crippen LogP contribution in [0.5, 0.6) is 0 Å². The number of hydrogen-bond acceptors (Lipinski definition) is 4. The number of anilines is 2. The summed E-state index contributed by atoms with van der Waals surface area (Å²) in [4.78, 5) is 21.8. The molecule has 1 N–H and O–H groups in total. The molecule has 1 aromatic heterocycles. The van der Waals surface area contributed by atoms with Gasteiger partial charge in [-0.1, -0.05) is 18.2 Å². The Morgan fingerprint density at radius 1 is 1.38 bits per heavy atom. The van der Waals surface area contributed by atoms with Crippen molar-refractivity contribution in [2.24, 2.45) is 0 Å². The highest BCUT2D eigenvalue weighted by atomic mass is 16.4. The van der Waals surface area contributed by atoms with Crippen LogP contribution in [0.2, 0.25) is 0 Å². The zero-order valence-electron chi connectivity index (χ0n) is 12.1. The van der Waals surface area contributed by atoms with Gasteiger partial charge in [0.2, 0.25) is 5.95 Å². The highest BCUT2D eigenvalue weighted by Crippen LogP contribution is 2.34. The number of para-hydroxylation sites is 1. The van der Waals surface area contributed by atoms with E-state index in [2.05, 4.69) is 33.9 Å². The van der Waals surface area contributed by atoms with Crippen molar-refractivity contribution in [3.05, 3.63) is 47.3 Å². The van der Waals surface area contributed by atoms with Crippen molar-refractivity contribution >= 4 is 17.6 Å². The Bertz CT molecular complexity index is 700. The van der Waals surface area contributed by atoms with Crippen molar-refractivity contribution < 1.29 is 9.90 Å². The highest BCUT2D eigenvalue weighted by molar-refractivity contribution is 5.88. The number of aromatic nitrogens is 2. The zero-order chi connectivity index (χ0) is 15.0. The molecule has 1 atom stereocenters. The lowest BCUT2D eigenvalue weighted by Gasteiger charge is -2.35. The van der Waals surface area contributed by atoms with Gasteiger partial charge in [-0.2, -0.15) is 0 Å². The third kappa shape index (κ3) is 2.35. The topological polar surface area (TPSA) is 66.3 Å². The van der Waals surface area contributed by atoms with Crippen molar-refractivity contribution in [1.82, 2.24) is 9.97 Å². The molecule has 0 aliphatic carbocycles. The van der Waals surface area contributed by atoms with Crippen LogP contribution in [0.4, 0.5) is 11.6 Å². The number of benzene rings is 1. The van der Waals surface area contributed by atoms with Crippen LogP contribution in [-0.4, -0.2) is 27.1 Å². The highest BCUT2D eigenvalue weighted by Gasteiger charge is 2.26. The maximum Gasteiger partial charge on any atom is 0.339 e. The molecule has 2 aromatic rings. The summed E-state index contributed by atoms with van der Waals surface area (Å²) < 4.78 is 0. The lowest BCUT2D eigenvalue weighted by molar-refractivity contribution is 0.0695. The molecule has 5 heteroatoms. The summed E-state index contributed by atoms with van der Waals surface area (Å²) in [5.41, 5.74) is 3.03. The van der Waals surface area contributed by atoms with E-state index in [-0.39, 0.29) is 11.6 Å². The van der Waals surface area contributed by atoms with Crippen LogP contribution < -0.4 is 4.90 Å². The van der Waals surface area contributed by atoms with Crippen LogP contribution in [0.3, 0.4) is 0 Å². The van der Waals surface area contributed by atoms with Gasteiger partial charge in [-0.15, -0.1) is 0 Å². The number of hydrogen-bond donors (Lipinski definition) is 1. The Labute approximate surface area is 123 Å². The van der Waals surface area contributed by atoms with Crippen molar-refractivity contribution in [2.75, 3.05) is 4.90 Å². The molecule has 21 heavy (non-hydrogen) atoms. The van der Waals surface area contributed by atoms with Gasteiger partial charge in [-0.05, 0) is 38.3 Å². The van der Waals surface area contributed by atoms with Gasteiger partial charge >= 0.3 is 5.97 Å². The summed E-state index contributed by atoms with van der Waals surface area (Å²) in [5, 5.41) is 9.08. The third-order valence-corrected chi connectivity index (χ3v) is 3.94. The summed E-state index contributed by atoms with van der Waals surface area (Å²) in [6.07, 6.45) is 3.46. The van der Waals surface area contributed by atoms with Crippen molar-refractivity contribution in [2.45, 2.75) is 32.7 Å². The second-order valence-electron chi connectivity index (χ2n) is 5.36. The predicted molar refractivity (Wildman–Crippen MR) is 80.1 cm³/mol. The van der Waals surface area contributed by atoms with Gasteiger partial charge in [0.05, 0.1) is 11.3 Å². The Hall–Kier alpha value is -2.43. The Kier molecular flexibility index (Phi) is 3.33. The summed E-state index contributed by atoms with van der Waals surface area (Å²) in [6, 6.07) is 8.51. The molecule has 1 unspecified atom stereocenters. The molecule has 3 rings (SSSR count). The van der Waals surface area contributed by atoms with Crippen molar-refractivity contribution in [3.8, 4) is 0 Å². The fraction of sp³-hybridized carbons (Fsp3) is 0.312. The molecule has 0 spiro atoms. The van der Waals surface area contributed by atoms with Crippen LogP contribution in [-0.2, 0) is 6.42 Å². The molecule has 0 fully saturated rings. The third-order valence-electron chi connectivity index (χ3n) is 3.94. The SMILES string of the molecule is Cc1nc(N2c3ccccc3CCC2C)ncc1C(=O)O. The van der Waals surface area contributed by atoms with Gasteiger partial charge < -0.3 is 10.0 Å². The molecule has 0 radical (unpaired) electrons. The monoisotopic (exact) mass is 283 g/mol. The number of carboxylic acid groups (broad SMARTS) is 1. The maximum atomic E-state index is 11.1. The first kappa shape index (κ1) is 13.5. The van der Waals surface area contributed by atoms with Gasteiger partial charge in [-0.3, -0.25) is 0 Å². The summed E-state index contributed by atoms with van der Waals surface area (Å²) in [6.45, 7) is 3.84. The predicted octanol–water partition coefficient (Wildman–Crippen LogP) is 2.96. The molecular formula is C16H17N3O2. The lowest BCUT2D eigenvalue weighted by atomic mass is 9.97. The molecular weight excluding hydrogens is 266 g/mol. The van der Waals surface area contributed by atoms with Crippen LogP contribution >= 0.6 is 0 Å². The molecule has 2 heterocycles. The molecule has 1 aromatic carbocycles. The van der Waals surface area contributed by atoms with Gasteiger partial charge in [0.15, 0.2) is 0 Å². The van der Waals surface area contributed by atoms with E-state index in [4.69, 9.17) is 5.11 Å². The molecule has 5 nitrogen and oxygen atoms in total. The van der Waals surface area contributed by atoms with Gasteiger partial charge in [-0.25, -0.2) is 14.8 Å². The summed E-state index contributed by atoms with van der Waals surface area (Å²) in [7, 11) is 0. The number of rotatable bonds is 2. The number of aromatic carboxylic acids is 1. The fourth-order valence-electron chi connectivity index (χ4n) is 2.77. The van der Waals surface area contributed by atoms with E-state index in [0.29, 0.717) is 11.6 Å². The van der Waals surface area contributed by atoms with E-state index in [9.17, 15) is 4.79 Å². The first-order chi connectivity index (χ1) is 10.1. The molecule has 0 bridgehead atoms. The van der Waals surface area contributed by atoms with E-state index in [0.717, 1.165) is 18.5 Å². The second-order valence-corrected chi connectivity index (χ2v) is 5.36. The molecule has 1 aliphatic heterocycles. The molecule has 1 aliphatic rings. The molecule has 0 saturated heterocycles. The lowest BCUT2D eigenvalue weighted by Crippen LogP contribution is -2.34. The Morgan fingerprint density at radius 2 is 2.14 bits per heavy atom. The number of carboxylic acids is 1. The second kappa shape index (κ2) is 5.16. The minimum Gasteiger partial charge on any atom is -0.478 e. The largest absolute Gasteiger partial charge is 0.478 e. The Balaban J connectivity index is 2.07. The average molecular weight is 283 g/mol. The normalized spacial score (nSPS) is 17.4. The van der Waals surface area contributed by atoms with E-state index in [1.807, 2.05) is 12.1 Å². The first-order valence-electron chi connectivity index (χ1n) is 7.02. The minimum absolute atomic E-state index is 0.150. The fourth-order valence-corrected chi connectivity index (χ4v) is 2.77. The molecule has 0 saturated carbocycles. The Morgan fingerprint density at radius 3 is 2.86 bits per heavy atom. The van der Waals surface area contributed by atoms with E-state index >= 15 is 0 Å². The summed E-state index contributed by atoms with van der Waals surface area (Å²) in [5.74, 6) is -0.428. The maximum absolute atomic E-state index is 11.1. The number of aryl methyl sites for hydroxylation is 2. The van der Waals surface area contributed by atoms with E-state index in [1.165, 1.54) is 11.8 Å². The van der Waals surface area contributed by atoms with Crippen molar-refractivity contribution in [3.63, 3.8) is 0 Å². The van der Waals surface area contributed by atoms with Crippen LogP contribution in [0.1, 0.15) is 35.0 Å². The van der Waals surface area contributed by atoms with E-state index < -0.39 is 5.97 Å². The molecule has 108 valence electrons. The number of nitrogens with zero attached hydrogens (tertiary/aromatic N) is 3. The standard InChI is InChI=1S/C16H17N3O2/c1-10-7-8-12-5-3-4-6-14(12)19(10)16-17-9-13(15(20)21)11(2)18-16/h3-6,9-10H,7-8H2,1-2H3,(H,20,21). The molecule has 0 amide bonds. The summed E-state index contributed by atoms with van der Waals surface area (Å²) >= 11 is 0. The number of carbonyl (C=O) groups is 1. The van der Waals surface area contributed by atoms with Gasteiger partial charge in [0.1, 0.15) is 0 Å². The number of fused-ring (bicyclic) bond motifs is 1. The van der Waals surface area contributed by atoms with Crippen LogP contribution in [0, 0.1) is 6.92 Å². The first-order valence-corrected chi connectivity index (χ1v) is 7.02. The average Bonchev–Trinajstić information content (AvgIpc) is 2.46. The minimum atomic E-state index is -0.994. The van der Waals surface area contributed by atoms with Gasteiger partial charge in [0, 0.05) is 17.9 Å². The zero-order valence-corrected chi connectivity index (χ0v) is 12.1. The van der Waals surface area contributed by atoms with Crippen LogP contribution in [0.15, 0.2) is 30.5 Å².